The van der Waals surface area contributed by atoms with Gasteiger partial charge in [0.2, 0.25) is 5.88 Å². The highest BCUT2D eigenvalue weighted by Gasteiger charge is 2.41. The van der Waals surface area contributed by atoms with Crippen LogP contribution in [0.1, 0.15) is 75.2 Å². The first-order valence-electron chi connectivity index (χ1n) is 14.1. The molecule has 214 valence electrons. The van der Waals surface area contributed by atoms with E-state index in [-0.39, 0.29) is 16.0 Å². The van der Waals surface area contributed by atoms with Gasteiger partial charge in [-0.2, -0.15) is 0 Å². The molecular formula is C29H38N6O4S. The van der Waals surface area contributed by atoms with Gasteiger partial charge in [-0.15, -0.1) is 5.10 Å². The van der Waals surface area contributed by atoms with Crippen LogP contribution in [0.5, 0.6) is 5.88 Å². The molecule has 2 aliphatic heterocycles. The molecule has 2 fully saturated rings. The van der Waals surface area contributed by atoms with Crippen LogP contribution in [0.4, 0.5) is 5.82 Å². The van der Waals surface area contributed by atoms with Crippen LogP contribution in [0.3, 0.4) is 0 Å². The highest BCUT2D eigenvalue weighted by Crippen LogP contribution is 2.48. The Bertz CT molecular complexity index is 1550. The quantitative estimate of drug-likeness (QED) is 0.485. The molecule has 0 radical (unpaired) electrons. The molecule has 3 aromatic rings. The smallest absolute Gasteiger partial charge is 0.268 e. The van der Waals surface area contributed by atoms with Crippen LogP contribution < -0.4 is 14.4 Å². The number of pyridine rings is 1. The van der Waals surface area contributed by atoms with Crippen molar-refractivity contribution in [3.8, 4) is 11.7 Å². The molecule has 0 spiro atoms. The summed E-state index contributed by atoms with van der Waals surface area (Å²) in [7, 11) is -4.07. The first-order chi connectivity index (χ1) is 18.9. The molecule has 1 amide bonds. The van der Waals surface area contributed by atoms with Crippen molar-refractivity contribution >= 4 is 21.7 Å². The number of anilines is 1. The lowest BCUT2D eigenvalue weighted by Crippen LogP contribution is -2.41. The second kappa shape index (κ2) is 9.64. The van der Waals surface area contributed by atoms with Crippen molar-refractivity contribution in [2.75, 3.05) is 18.1 Å². The first-order valence-corrected chi connectivity index (χ1v) is 15.6. The number of fused-ring (bicyclic) bond motifs is 6. The van der Waals surface area contributed by atoms with Crippen LogP contribution in [-0.4, -0.2) is 52.3 Å². The molecule has 0 unspecified atom stereocenters. The van der Waals surface area contributed by atoms with Crippen molar-refractivity contribution < 1.29 is 17.9 Å². The van der Waals surface area contributed by atoms with Gasteiger partial charge in [0.05, 0.1) is 12.2 Å². The number of carbonyl (C=O) groups is 1. The normalized spacial score (nSPS) is 22.8. The van der Waals surface area contributed by atoms with E-state index < -0.39 is 15.9 Å². The zero-order chi connectivity index (χ0) is 28.3. The summed E-state index contributed by atoms with van der Waals surface area (Å²) < 4.78 is 38.3. The number of nitrogens with one attached hydrogen (secondary N) is 1. The van der Waals surface area contributed by atoms with E-state index in [0.717, 1.165) is 38.8 Å². The number of nitrogens with zero attached hydrogens (tertiary/aromatic N) is 5. The summed E-state index contributed by atoms with van der Waals surface area (Å²) in [6.45, 7) is 10.4. The highest BCUT2D eigenvalue weighted by molar-refractivity contribution is 7.90. The Morgan fingerprint density at radius 3 is 2.73 bits per heavy atom. The molecular weight excluding hydrogens is 528 g/mol. The van der Waals surface area contributed by atoms with Gasteiger partial charge in [0.15, 0.2) is 5.82 Å². The summed E-state index contributed by atoms with van der Waals surface area (Å²) in [5.41, 5.74) is 0.970. The Hall–Kier alpha value is -3.34. The minimum absolute atomic E-state index is 0.118. The van der Waals surface area contributed by atoms with Gasteiger partial charge in [-0.25, -0.2) is 22.8 Å². The van der Waals surface area contributed by atoms with E-state index in [0.29, 0.717) is 41.0 Å². The van der Waals surface area contributed by atoms with Crippen LogP contribution in [0, 0.1) is 18.3 Å². The average molecular weight is 567 g/mol. The first kappa shape index (κ1) is 26.9. The topological polar surface area (TPSA) is 111 Å². The molecule has 5 heterocycles. The number of aryl methyl sites for hydroxylation is 2. The van der Waals surface area contributed by atoms with Crippen LogP contribution in [0.2, 0.25) is 0 Å². The molecule has 10 nitrogen and oxygen atoms in total. The van der Waals surface area contributed by atoms with Gasteiger partial charge in [0, 0.05) is 43.3 Å². The number of amides is 1. The third-order valence-electron chi connectivity index (χ3n) is 8.76. The lowest BCUT2D eigenvalue weighted by molar-refractivity contribution is 0.0981. The largest absolute Gasteiger partial charge is 0.477 e. The second-order valence-electron chi connectivity index (χ2n) is 12.7. The van der Waals surface area contributed by atoms with E-state index >= 15 is 0 Å². The van der Waals surface area contributed by atoms with Crippen LogP contribution in [0.15, 0.2) is 41.7 Å². The van der Waals surface area contributed by atoms with Crippen molar-refractivity contribution in [2.45, 2.75) is 83.2 Å². The Morgan fingerprint density at radius 1 is 1.15 bits per heavy atom. The van der Waals surface area contributed by atoms with Crippen molar-refractivity contribution in [3.05, 3.63) is 47.9 Å². The van der Waals surface area contributed by atoms with Gasteiger partial charge < -0.3 is 14.2 Å². The van der Waals surface area contributed by atoms with Gasteiger partial charge >= 0.3 is 0 Å². The van der Waals surface area contributed by atoms with Crippen molar-refractivity contribution in [3.63, 3.8) is 0 Å². The zero-order valence-corrected chi connectivity index (χ0v) is 24.5. The van der Waals surface area contributed by atoms with Gasteiger partial charge in [-0.05, 0) is 88.3 Å². The second-order valence-corrected chi connectivity index (χ2v) is 14.3. The predicted octanol–water partition coefficient (Wildman–Crippen LogP) is 4.46. The standard InChI is InChI=1S/C29H38N6O4S/c1-20-17-33-13-5-6-21-16-28(2,3)34(18-21)26-22(27(36)32-40(37,38)23(20)19-33)7-8-24(30-26)35-14-9-25(31-35)39-15-12-29(4)10-11-29/h7-9,14,17,19,21H,5-6,10-13,15-16,18H2,1-4H3,(H,32,36)/t21-/m0/s1. The van der Waals surface area contributed by atoms with E-state index in [1.165, 1.54) is 12.8 Å². The van der Waals surface area contributed by atoms with Gasteiger partial charge in [0.1, 0.15) is 10.7 Å². The van der Waals surface area contributed by atoms with Crippen molar-refractivity contribution in [1.29, 1.82) is 0 Å². The fraction of sp³-hybridized carbons (Fsp3) is 0.552. The van der Waals surface area contributed by atoms with Crippen molar-refractivity contribution in [1.82, 2.24) is 24.1 Å². The minimum Gasteiger partial charge on any atom is -0.477 e. The molecule has 1 aliphatic carbocycles. The molecule has 11 heteroatoms. The van der Waals surface area contributed by atoms with Gasteiger partial charge in [0.25, 0.3) is 15.9 Å². The van der Waals surface area contributed by atoms with E-state index in [4.69, 9.17) is 9.72 Å². The lowest BCUT2D eigenvalue weighted by Gasteiger charge is -2.34. The summed E-state index contributed by atoms with van der Waals surface area (Å²) >= 11 is 0. The third kappa shape index (κ3) is 5.23. The maximum atomic E-state index is 13.6. The molecule has 6 rings (SSSR count). The Morgan fingerprint density at radius 2 is 1.95 bits per heavy atom. The molecule has 0 aromatic carbocycles. The number of aromatic nitrogens is 4. The minimum atomic E-state index is -4.07. The number of ether oxygens (including phenoxy) is 1. The van der Waals surface area contributed by atoms with Crippen molar-refractivity contribution in [2.24, 2.45) is 11.3 Å². The number of carbonyl (C=O) groups excluding carboxylic acids is 1. The van der Waals surface area contributed by atoms with Crippen LogP contribution in [-0.2, 0) is 16.6 Å². The van der Waals surface area contributed by atoms with Crippen LogP contribution >= 0.6 is 0 Å². The summed E-state index contributed by atoms with van der Waals surface area (Å²) in [6, 6.07) is 5.15. The molecule has 40 heavy (non-hydrogen) atoms. The monoisotopic (exact) mass is 566 g/mol. The van der Waals surface area contributed by atoms with E-state index in [1.54, 1.807) is 36.1 Å². The lowest BCUT2D eigenvalue weighted by atomic mass is 9.93. The summed E-state index contributed by atoms with van der Waals surface area (Å²) in [5, 5.41) is 4.57. The molecule has 1 saturated carbocycles. The predicted molar refractivity (Wildman–Crippen MR) is 151 cm³/mol. The summed E-state index contributed by atoms with van der Waals surface area (Å²) in [5.74, 6) is 1.25. The number of sulfonamides is 1. The molecule has 1 atom stereocenters. The Balaban J connectivity index is 1.35. The molecule has 1 saturated heterocycles. The summed E-state index contributed by atoms with van der Waals surface area (Å²) in [4.78, 5) is 20.7. The Kier molecular flexibility index (Phi) is 6.47. The fourth-order valence-electron chi connectivity index (χ4n) is 6.09. The van der Waals surface area contributed by atoms with E-state index in [2.05, 4.69) is 35.5 Å². The molecule has 3 aromatic heterocycles. The molecule has 3 aliphatic rings. The van der Waals surface area contributed by atoms with E-state index in [1.807, 2.05) is 16.8 Å². The SMILES string of the molecule is Cc1cn2cc1S(=O)(=O)NC(=O)c1ccc(-n3ccc(OCCC4(C)CC4)n3)nc1N1C[C@@H](CCC2)CC1(C)C. The Labute approximate surface area is 235 Å². The summed E-state index contributed by atoms with van der Waals surface area (Å²) in [6.07, 6.45) is 11.6. The van der Waals surface area contributed by atoms with E-state index in [9.17, 15) is 13.2 Å². The maximum absolute atomic E-state index is 13.6. The molecule has 1 N–H and O–H groups in total. The van der Waals surface area contributed by atoms with Crippen LogP contribution in [0.25, 0.3) is 5.82 Å². The highest BCUT2D eigenvalue weighted by atomic mass is 32.2. The zero-order valence-electron chi connectivity index (χ0n) is 23.7. The fourth-order valence-corrected chi connectivity index (χ4v) is 7.30. The third-order valence-corrected chi connectivity index (χ3v) is 10.2. The average Bonchev–Trinajstić information content (AvgIpc) is 3.20. The van der Waals surface area contributed by atoms with Gasteiger partial charge in [-0.3, -0.25) is 4.79 Å². The number of hydrogen-bond acceptors (Lipinski definition) is 7. The molecule has 4 bridgehead atoms. The number of hydrogen-bond donors (Lipinski definition) is 1. The number of rotatable bonds is 5. The van der Waals surface area contributed by atoms with Gasteiger partial charge in [-0.1, -0.05) is 6.92 Å². The maximum Gasteiger partial charge on any atom is 0.268 e.